The van der Waals surface area contributed by atoms with Gasteiger partial charge in [0.2, 0.25) is 5.88 Å². The zero-order chi connectivity index (χ0) is 20.5. The number of halogens is 2. The zero-order valence-electron chi connectivity index (χ0n) is 15.8. The Morgan fingerprint density at radius 1 is 0.897 bits per heavy atom. The van der Waals surface area contributed by atoms with E-state index in [0.717, 1.165) is 36.3 Å². The van der Waals surface area contributed by atoms with Crippen LogP contribution in [0.25, 0.3) is 0 Å². The number of benzene rings is 2. The Balaban J connectivity index is 1.54. The quantitative estimate of drug-likeness (QED) is 0.405. The first-order valence-corrected chi connectivity index (χ1v) is 9.34. The van der Waals surface area contributed by atoms with E-state index in [2.05, 4.69) is 15.6 Å². The highest BCUT2D eigenvalue weighted by atomic mass is 19.3. The third-order valence-corrected chi connectivity index (χ3v) is 4.38. The third-order valence-electron chi connectivity index (χ3n) is 4.38. The standard InChI is InChI=1S/C24H21F2NO2/c1-2-18(19-14-16-22(17-15-19)29-24(25)26)8-6-9-20-10-7-13-23(27-20)28-21-11-4-3-5-12-21/h1,3-5,7,10-18,24H,6,8-9H2. The third kappa shape index (κ3) is 6.32. The molecule has 148 valence electrons. The van der Waals surface area contributed by atoms with Crippen LogP contribution in [0.4, 0.5) is 8.78 Å². The molecule has 0 amide bonds. The largest absolute Gasteiger partial charge is 0.439 e. The molecule has 5 heteroatoms. The highest BCUT2D eigenvalue weighted by Crippen LogP contribution is 2.25. The van der Waals surface area contributed by atoms with Crippen molar-refractivity contribution in [3.63, 3.8) is 0 Å². The van der Waals surface area contributed by atoms with Gasteiger partial charge in [-0.2, -0.15) is 8.78 Å². The number of aryl methyl sites for hydroxylation is 1. The second-order valence-electron chi connectivity index (χ2n) is 6.44. The minimum Gasteiger partial charge on any atom is -0.439 e. The van der Waals surface area contributed by atoms with Crippen molar-refractivity contribution in [2.24, 2.45) is 0 Å². The average Bonchev–Trinajstić information content (AvgIpc) is 2.73. The van der Waals surface area contributed by atoms with Crippen LogP contribution >= 0.6 is 0 Å². The summed E-state index contributed by atoms with van der Waals surface area (Å²) in [5, 5.41) is 0. The van der Waals surface area contributed by atoms with Crippen LogP contribution in [-0.4, -0.2) is 11.6 Å². The van der Waals surface area contributed by atoms with Crippen LogP contribution in [0.5, 0.6) is 17.4 Å². The summed E-state index contributed by atoms with van der Waals surface area (Å²) in [4.78, 5) is 4.54. The van der Waals surface area contributed by atoms with Gasteiger partial charge < -0.3 is 9.47 Å². The van der Waals surface area contributed by atoms with Crippen molar-refractivity contribution >= 4 is 0 Å². The highest BCUT2D eigenvalue weighted by molar-refractivity contribution is 5.33. The Labute approximate surface area is 169 Å². The number of ether oxygens (including phenoxy) is 2. The normalized spacial score (nSPS) is 11.7. The van der Waals surface area contributed by atoms with Gasteiger partial charge in [0, 0.05) is 17.7 Å². The van der Waals surface area contributed by atoms with E-state index < -0.39 is 6.61 Å². The lowest BCUT2D eigenvalue weighted by molar-refractivity contribution is -0.0498. The molecular weight excluding hydrogens is 372 g/mol. The summed E-state index contributed by atoms with van der Waals surface area (Å²) in [6.45, 7) is -2.83. The van der Waals surface area contributed by atoms with E-state index in [1.54, 1.807) is 12.1 Å². The molecule has 29 heavy (non-hydrogen) atoms. The molecule has 1 heterocycles. The molecule has 1 aromatic heterocycles. The zero-order valence-corrected chi connectivity index (χ0v) is 15.8. The van der Waals surface area contributed by atoms with Crippen LogP contribution in [0.3, 0.4) is 0 Å². The molecule has 3 nitrogen and oxygen atoms in total. The van der Waals surface area contributed by atoms with Crippen LogP contribution in [0.2, 0.25) is 0 Å². The van der Waals surface area contributed by atoms with Crippen molar-refractivity contribution in [3.8, 4) is 29.7 Å². The Morgan fingerprint density at radius 3 is 2.34 bits per heavy atom. The number of pyridine rings is 1. The van der Waals surface area contributed by atoms with Crippen molar-refractivity contribution in [2.75, 3.05) is 0 Å². The predicted octanol–water partition coefficient (Wildman–Crippen LogP) is 6.22. The number of alkyl halides is 2. The molecular formula is C24H21F2NO2. The van der Waals surface area contributed by atoms with Crippen molar-refractivity contribution in [3.05, 3.63) is 84.1 Å². The van der Waals surface area contributed by atoms with Gasteiger partial charge in [-0.25, -0.2) is 4.98 Å². The molecule has 0 spiro atoms. The van der Waals surface area contributed by atoms with Gasteiger partial charge in [0.15, 0.2) is 0 Å². The first-order chi connectivity index (χ1) is 14.1. The molecule has 0 aliphatic carbocycles. The summed E-state index contributed by atoms with van der Waals surface area (Å²) < 4.78 is 34.6. The van der Waals surface area contributed by atoms with Crippen molar-refractivity contribution in [1.82, 2.24) is 4.98 Å². The fourth-order valence-corrected chi connectivity index (χ4v) is 2.98. The number of terminal acetylenes is 1. The van der Waals surface area contributed by atoms with Crippen molar-refractivity contribution in [1.29, 1.82) is 0 Å². The van der Waals surface area contributed by atoms with E-state index in [1.165, 1.54) is 12.1 Å². The van der Waals surface area contributed by atoms with Gasteiger partial charge >= 0.3 is 6.61 Å². The summed E-state index contributed by atoms with van der Waals surface area (Å²) in [6, 6.07) is 21.7. The molecule has 1 unspecified atom stereocenters. The molecule has 0 radical (unpaired) electrons. The molecule has 0 bridgehead atoms. The van der Waals surface area contributed by atoms with Crippen LogP contribution in [0, 0.1) is 12.3 Å². The van der Waals surface area contributed by atoms with Crippen molar-refractivity contribution < 1.29 is 18.3 Å². The number of rotatable bonds is 9. The molecule has 0 fully saturated rings. The molecule has 2 aromatic carbocycles. The van der Waals surface area contributed by atoms with Gasteiger partial charge in [-0.05, 0) is 55.2 Å². The number of aromatic nitrogens is 1. The predicted molar refractivity (Wildman–Crippen MR) is 108 cm³/mol. The lowest BCUT2D eigenvalue weighted by Gasteiger charge is -2.12. The van der Waals surface area contributed by atoms with Crippen molar-refractivity contribution in [2.45, 2.75) is 31.8 Å². The molecule has 3 rings (SSSR count). The van der Waals surface area contributed by atoms with Gasteiger partial charge in [-0.1, -0.05) is 42.3 Å². The van der Waals surface area contributed by atoms with Gasteiger partial charge in [-0.3, -0.25) is 0 Å². The monoisotopic (exact) mass is 393 g/mol. The molecule has 0 saturated heterocycles. The van der Waals surface area contributed by atoms with Gasteiger partial charge in [0.25, 0.3) is 0 Å². The van der Waals surface area contributed by atoms with E-state index in [1.807, 2.05) is 48.5 Å². The van der Waals surface area contributed by atoms with Gasteiger partial charge in [0.05, 0.1) is 0 Å². The summed E-state index contributed by atoms with van der Waals surface area (Å²) in [5.41, 5.74) is 1.83. The second-order valence-corrected chi connectivity index (χ2v) is 6.44. The molecule has 0 aliphatic rings. The van der Waals surface area contributed by atoms with Crippen LogP contribution in [0.15, 0.2) is 72.8 Å². The summed E-state index contributed by atoms with van der Waals surface area (Å²) >= 11 is 0. The molecule has 0 aliphatic heterocycles. The van der Waals surface area contributed by atoms with E-state index >= 15 is 0 Å². The first-order valence-electron chi connectivity index (χ1n) is 9.34. The average molecular weight is 393 g/mol. The Kier molecular flexibility index (Phi) is 7.18. The van der Waals surface area contributed by atoms with E-state index in [4.69, 9.17) is 11.2 Å². The number of hydrogen-bond donors (Lipinski definition) is 0. The van der Waals surface area contributed by atoms with Gasteiger partial charge in [-0.15, -0.1) is 6.42 Å². The maximum atomic E-state index is 12.3. The highest BCUT2D eigenvalue weighted by Gasteiger charge is 2.10. The molecule has 3 aromatic rings. The maximum absolute atomic E-state index is 12.3. The molecule has 1 atom stereocenters. The lowest BCUT2D eigenvalue weighted by atomic mass is 9.94. The fraction of sp³-hybridized carbons (Fsp3) is 0.208. The molecule has 0 N–H and O–H groups in total. The topological polar surface area (TPSA) is 31.4 Å². The Hall–Kier alpha value is -3.39. The lowest BCUT2D eigenvalue weighted by Crippen LogP contribution is -2.02. The van der Waals surface area contributed by atoms with Crippen LogP contribution in [-0.2, 0) is 6.42 Å². The number of para-hydroxylation sites is 1. The SMILES string of the molecule is C#CC(CCCc1cccc(Oc2ccccc2)n1)c1ccc(OC(F)F)cc1. The number of hydrogen-bond acceptors (Lipinski definition) is 3. The minimum atomic E-state index is -2.83. The van der Waals surface area contributed by atoms with E-state index in [9.17, 15) is 8.78 Å². The first kappa shape index (κ1) is 20.3. The smallest absolute Gasteiger partial charge is 0.387 e. The summed E-state index contributed by atoms with van der Waals surface area (Å²) in [5.74, 6) is 4.09. The Bertz CT molecular complexity index is 937. The fourth-order valence-electron chi connectivity index (χ4n) is 2.98. The summed E-state index contributed by atoms with van der Waals surface area (Å²) in [7, 11) is 0. The Morgan fingerprint density at radius 2 is 1.66 bits per heavy atom. The van der Waals surface area contributed by atoms with Crippen LogP contribution < -0.4 is 9.47 Å². The van der Waals surface area contributed by atoms with Gasteiger partial charge in [0.1, 0.15) is 11.5 Å². The number of nitrogens with zero attached hydrogens (tertiary/aromatic N) is 1. The van der Waals surface area contributed by atoms with Crippen LogP contribution in [0.1, 0.15) is 30.0 Å². The maximum Gasteiger partial charge on any atom is 0.387 e. The minimum absolute atomic E-state index is 0.0978. The summed E-state index contributed by atoms with van der Waals surface area (Å²) in [6.07, 6.45) is 8.04. The van der Waals surface area contributed by atoms with E-state index in [0.29, 0.717) is 5.88 Å². The molecule has 0 saturated carbocycles. The van der Waals surface area contributed by atoms with E-state index in [-0.39, 0.29) is 11.7 Å². The second kappa shape index (κ2) is 10.2.